The lowest BCUT2D eigenvalue weighted by atomic mass is 10.2. The van der Waals surface area contributed by atoms with E-state index in [4.69, 9.17) is 27.9 Å². The molecule has 0 bridgehead atoms. The number of thioether (sulfide) groups is 1. The number of carbonyl (C=O) groups is 2. The van der Waals surface area contributed by atoms with Crippen molar-refractivity contribution in [3.63, 3.8) is 0 Å². The maximum Gasteiger partial charge on any atom is 0.240 e. The molecule has 0 saturated carbocycles. The standard InChI is InChI=1S/C16H17Cl2N3O3S/c17-11-4-3-9(6-12(11)18)20-14(22)7-13-15(23)21-16(25-13)19-8-10-2-1-5-24-10/h3-4,6,10,13H,1-2,5,7-8H2,(H,20,22)(H,19,21,23)/t10-,13-/m1/s1. The topological polar surface area (TPSA) is 79.8 Å². The van der Waals surface area contributed by atoms with Gasteiger partial charge in [0.2, 0.25) is 11.8 Å². The molecule has 2 aliphatic heterocycles. The zero-order valence-corrected chi connectivity index (χ0v) is 15.6. The van der Waals surface area contributed by atoms with Gasteiger partial charge in [0.1, 0.15) is 5.25 Å². The van der Waals surface area contributed by atoms with Gasteiger partial charge in [0.25, 0.3) is 0 Å². The van der Waals surface area contributed by atoms with Gasteiger partial charge in [-0.25, -0.2) is 0 Å². The molecule has 9 heteroatoms. The molecule has 0 aliphatic carbocycles. The number of nitrogens with one attached hydrogen (secondary N) is 2. The fourth-order valence-corrected chi connectivity index (χ4v) is 3.82. The van der Waals surface area contributed by atoms with E-state index in [1.54, 1.807) is 18.2 Å². The molecule has 1 aromatic rings. The summed E-state index contributed by atoms with van der Waals surface area (Å²) in [7, 11) is 0. The number of carbonyl (C=O) groups excluding carboxylic acids is 2. The summed E-state index contributed by atoms with van der Waals surface area (Å²) < 4.78 is 5.50. The fraction of sp³-hybridized carbons (Fsp3) is 0.438. The Kier molecular flexibility index (Phi) is 6.22. The van der Waals surface area contributed by atoms with E-state index in [1.807, 2.05) is 0 Å². The summed E-state index contributed by atoms with van der Waals surface area (Å²) in [6, 6.07) is 4.83. The van der Waals surface area contributed by atoms with Crippen molar-refractivity contribution in [2.24, 2.45) is 4.99 Å². The quantitative estimate of drug-likeness (QED) is 0.794. The minimum atomic E-state index is -0.494. The van der Waals surface area contributed by atoms with E-state index < -0.39 is 5.25 Å². The van der Waals surface area contributed by atoms with Gasteiger partial charge in [-0.2, -0.15) is 0 Å². The molecule has 25 heavy (non-hydrogen) atoms. The van der Waals surface area contributed by atoms with Gasteiger partial charge in [-0.3, -0.25) is 14.6 Å². The first kappa shape index (κ1) is 18.5. The van der Waals surface area contributed by atoms with Crippen molar-refractivity contribution in [1.29, 1.82) is 0 Å². The largest absolute Gasteiger partial charge is 0.376 e. The third-order valence-electron chi connectivity index (χ3n) is 3.81. The number of halogens is 2. The first-order valence-corrected chi connectivity index (χ1v) is 9.53. The van der Waals surface area contributed by atoms with Crippen LogP contribution in [0.1, 0.15) is 19.3 Å². The van der Waals surface area contributed by atoms with Crippen LogP contribution in [0.25, 0.3) is 0 Å². The molecule has 2 atom stereocenters. The van der Waals surface area contributed by atoms with Gasteiger partial charge in [0, 0.05) is 18.7 Å². The van der Waals surface area contributed by atoms with Crippen LogP contribution < -0.4 is 10.6 Å². The predicted octanol–water partition coefficient (Wildman–Crippen LogP) is 3.09. The molecule has 134 valence electrons. The Balaban J connectivity index is 1.51. The minimum Gasteiger partial charge on any atom is -0.376 e. The maximum absolute atomic E-state index is 12.1. The number of hydrogen-bond acceptors (Lipinski definition) is 5. The van der Waals surface area contributed by atoms with Gasteiger partial charge in [-0.1, -0.05) is 35.0 Å². The van der Waals surface area contributed by atoms with Crippen molar-refractivity contribution in [1.82, 2.24) is 5.32 Å². The number of anilines is 1. The summed E-state index contributed by atoms with van der Waals surface area (Å²) in [5.74, 6) is -0.480. The average molecular weight is 402 g/mol. The highest BCUT2D eigenvalue weighted by atomic mass is 35.5. The highest BCUT2D eigenvalue weighted by Crippen LogP contribution is 2.26. The zero-order valence-electron chi connectivity index (χ0n) is 13.3. The maximum atomic E-state index is 12.1. The second-order valence-electron chi connectivity index (χ2n) is 5.76. The summed E-state index contributed by atoms with van der Waals surface area (Å²) in [4.78, 5) is 28.5. The lowest BCUT2D eigenvalue weighted by Crippen LogP contribution is -2.28. The number of aliphatic imine (C=N–C) groups is 1. The van der Waals surface area contributed by atoms with Gasteiger partial charge < -0.3 is 15.4 Å². The third kappa shape index (κ3) is 5.10. The van der Waals surface area contributed by atoms with Crippen LogP contribution in [0.3, 0.4) is 0 Å². The van der Waals surface area contributed by atoms with Crippen LogP contribution >= 0.6 is 35.0 Å². The highest BCUT2D eigenvalue weighted by Gasteiger charge is 2.32. The van der Waals surface area contributed by atoms with Crippen molar-refractivity contribution in [3.05, 3.63) is 28.2 Å². The third-order valence-corrected chi connectivity index (χ3v) is 5.67. The van der Waals surface area contributed by atoms with E-state index in [0.717, 1.165) is 19.4 Å². The molecule has 2 fully saturated rings. The Bertz CT molecular complexity index is 708. The molecular formula is C16H17Cl2N3O3S. The molecule has 2 heterocycles. The average Bonchev–Trinajstić information content (AvgIpc) is 3.19. The van der Waals surface area contributed by atoms with Crippen LogP contribution in [0.15, 0.2) is 23.2 Å². The Hall–Kier alpha value is -1.28. The van der Waals surface area contributed by atoms with E-state index in [-0.39, 0.29) is 24.3 Å². The summed E-state index contributed by atoms with van der Waals surface area (Å²) in [6.45, 7) is 1.30. The molecule has 0 unspecified atom stereocenters. The molecule has 2 N–H and O–H groups in total. The molecule has 0 spiro atoms. The number of benzene rings is 1. The lowest BCUT2D eigenvalue weighted by molar-refractivity contribution is -0.122. The van der Waals surface area contributed by atoms with E-state index in [2.05, 4.69) is 15.6 Å². The number of hydrogen-bond donors (Lipinski definition) is 2. The molecule has 6 nitrogen and oxygen atoms in total. The number of rotatable bonds is 5. The molecule has 0 aromatic heterocycles. The molecule has 0 radical (unpaired) electrons. The van der Waals surface area contributed by atoms with E-state index >= 15 is 0 Å². The van der Waals surface area contributed by atoms with Crippen LogP contribution in [-0.2, 0) is 14.3 Å². The normalized spacial score (nSPS) is 24.6. The Morgan fingerprint density at radius 2 is 2.24 bits per heavy atom. The number of nitrogens with zero attached hydrogens (tertiary/aromatic N) is 1. The number of amidine groups is 1. The van der Waals surface area contributed by atoms with Gasteiger partial charge in [0.15, 0.2) is 5.17 Å². The minimum absolute atomic E-state index is 0.0513. The molecule has 2 aliphatic rings. The first-order valence-electron chi connectivity index (χ1n) is 7.90. The Labute approximate surface area is 159 Å². The second-order valence-corrected chi connectivity index (χ2v) is 7.76. The van der Waals surface area contributed by atoms with Crippen molar-refractivity contribution in [2.75, 3.05) is 18.5 Å². The molecular weight excluding hydrogens is 385 g/mol. The van der Waals surface area contributed by atoms with E-state index in [9.17, 15) is 9.59 Å². The predicted molar refractivity (Wildman–Crippen MR) is 101 cm³/mol. The second kappa shape index (κ2) is 8.40. The SMILES string of the molecule is O=C(C[C@H]1SC(=NC[C@H]2CCCO2)NC1=O)Nc1ccc(Cl)c(Cl)c1. The smallest absolute Gasteiger partial charge is 0.240 e. The van der Waals surface area contributed by atoms with Gasteiger partial charge in [0.05, 0.1) is 22.7 Å². The molecule has 2 saturated heterocycles. The van der Waals surface area contributed by atoms with Gasteiger partial charge in [-0.15, -0.1) is 0 Å². The van der Waals surface area contributed by atoms with Crippen molar-refractivity contribution in [3.8, 4) is 0 Å². The summed E-state index contributed by atoms with van der Waals surface area (Å²) in [5, 5.41) is 6.25. The van der Waals surface area contributed by atoms with E-state index in [1.165, 1.54) is 11.8 Å². The van der Waals surface area contributed by atoms with Crippen LogP contribution in [-0.4, -0.2) is 41.5 Å². The summed E-state index contributed by atoms with van der Waals surface area (Å²) in [6.07, 6.45) is 2.22. The highest BCUT2D eigenvalue weighted by molar-refractivity contribution is 8.15. The molecule has 1 aromatic carbocycles. The van der Waals surface area contributed by atoms with Gasteiger partial charge in [-0.05, 0) is 31.0 Å². The first-order chi connectivity index (χ1) is 12.0. The Morgan fingerprint density at radius 1 is 1.40 bits per heavy atom. The van der Waals surface area contributed by atoms with Crippen LogP contribution in [0.2, 0.25) is 10.0 Å². The zero-order chi connectivity index (χ0) is 17.8. The van der Waals surface area contributed by atoms with E-state index in [0.29, 0.717) is 27.4 Å². The molecule has 2 amide bonds. The van der Waals surface area contributed by atoms with Crippen LogP contribution in [0, 0.1) is 0 Å². The monoisotopic (exact) mass is 401 g/mol. The van der Waals surface area contributed by atoms with Crippen LogP contribution in [0.4, 0.5) is 5.69 Å². The fourth-order valence-electron chi connectivity index (χ4n) is 2.54. The van der Waals surface area contributed by atoms with Crippen molar-refractivity contribution >= 4 is 57.6 Å². The Morgan fingerprint density at radius 3 is 2.96 bits per heavy atom. The molecule has 3 rings (SSSR count). The van der Waals surface area contributed by atoms with Crippen molar-refractivity contribution in [2.45, 2.75) is 30.6 Å². The number of amides is 2. The number of ether oxygens (including phenoxy) is 1. The van der Waals surface area contributed by atoms with Crippen LogP contribution in [0.5, 0.6) is 0 Å². The summed E-state index contributed by atoms with van der Waals surface area (Å²) in [5.41, 5.74) is 0.537. The lowest BCUT2D eigenvalue weighted by Gasteiger charge is -2.08. The summed E-state index contributed by atoms with van der Waals surface area (Å²) >= 11 is 13.0. The van der Waals surface area contributed by atoms with Gasteiger partial charge >= 0.3 is 0 Å². The van der Waals surface area contributed by atoms with Crippen molar-refractivity contribution < 1.29 is 14.3 Å².